The molecule has 0 amide bonds. The highest BCUT2D eigenvalue weighted by Gasteiger charge is 2.17. The maximum atomic E-state index is 13.3. The lowest BCUT2D eigenvalue weighted by atomic mass is 10.1. The molecule has 0 aromatic heterocycles. The van der Waals surface area contributed by atoms with Crippen LogP contribution in [0.3, 0.4) is 0 Å². The SMILES string of the molecule is Cc1cc(F)cc(S(=O)(=O)NCC(N)c2ccccc2)c1.Cl. The zero-order valence-corrected chi connectivity index (χ0v) is 13.6. The Hall–Kier alpha value is -1.47. The lowest BCUT2D eigenvalue weighted by Gasteiger charge is -2.13. The van der Waals surface area contributed by atoms with E-state index in [1.807, 2.05) is 30.3 Å². The van der Waals surface area contributed by atoms with Gasteiger partial charge < -0.3 is 5.73 Å². The average Bonchev–Trinajstić information content (AvgIpc) is 2.45. The average molecular weight is 345 g/mol. The second kappa shape index (κ2) is 7.69. The molecular weight excluding hydrogens is 327 g/mol. The van der Waals surface area contributed by atoms with E-state index in [1.165, 1.54) is 12.1 Å². The van der Waals surface area contributed by atoms with Gasteiger partial charge in [-0.1, -0.05) is 30.3 Å². The highest BCUT2D eigenvalue weighted by molar-refractivity contribution is 7.89. The summed E-state index contributed by atoms with van der Waals surface area (Å²) in [6.07, 6.45) is 0. The van der Waals surface area contributed by atoms with E-state index in [0.717, 1.165) is 11.6 Å². The first-order valence-corrected chi connectivity index (χ1v) is 7.94. The van der Waals surface area contributed by atoms with Crippen LogP contribution < -0.4 is 10.5 Å². The Balaban J connectivity index is 0.00000242. The van der Waals surface area contributed by atoms with E-state index in [2.05, 4.69) is 4.72 Å². The predicted octanol–water partition coefficient (Wildman–Crippen LogP) is 2.53. The van der Waals surface area contributed by atoms with E-state index in [-0.39, 0.29) is 23.8 Å². The van der Waals surface area contributed by atoms with E-state index in [1.54, 1.807) is 6.92 Å². The Kier molecular flexibility index (Phi) is 6.49. The number of nitrogens with one attached hydrogen (secondary N) is 1. The molecule has 1 unspecified atom stereocenters. The molecule has 0 bridgehead atoms. The van der Waals surface area contributed by atoms with Gasteiger partial charge in [0.25, 0.3) is 0 Å². The van der Waals surface area contributed by atoms with Crippen molar-refractivity contribution >= 4 is 22.4 Å². The zero-order valence-electron chi connectivity index (χ0n) is 12.0. The lowest BCUT2D eigenvalue weighted by Crippen LogP contribution is -2.32. The third-order valence-corrected chi connectivity index (χ3v) is 4.45. The fraction of sp³-hybridized carbons (Fsp3) is 0.200. The van der Waals surface area contributed by atoms with Crippen LogP contribution in [0.1, 0.15) is 17.2 Å². The van der Waals surface area contributed by atoms with Crippen LogP contribution in [0, 0.1) is 12.7 Å². The van der Waals surface area contributed by atoms with Crippen molar-refractivity contribution in [1.82, 2.24) is 4.72 Å². The van der Waals surface area contributed by atoms with Crippen molar-refractivity contribution in [3.63, 3.8) is 0 Å². The Morgan fingerprint density at radius 1 is 1.18 bits per heavy atom. The number of hydrogen-bond donors (Lipinski definition) is 2. The van der Waals surface area contributed by atoms with Crippen molar-refractivity contribution in [3.05, 3.63) is 65.5 Å². The van der Waals surface area contributed by atoms with Gasteiger partial charge in [-0.3, -0.25) is 0 Å². The number of nitrogens with two attached hydrogens (primary N) is 1. The molecule has 0 saturated heterocycles. The molecule has 0 aliphatic carbocycles. The Bertz CT molecular complexity index is 703. The van der Waals surface area contributed by atoms with Gasteiger partial charge in [-0.15, -0.1) is 12.4 Å². The molecule has 120 valence electrons. The van der Waals surface area contributed by atoms with Gasteiger partial charge in [0.2, 0.25) is 10.0 Å². The summed E-state index contributed by atoms with van der Waals surface area (Å²) >= 11 is 0. The summed E-state index contributed by atoms with van der Waals surface area (Å²) in [5.74, 6) is -0.581. The normalized spacial score (nSPS) is 12.5. The second-order valence-electron chi connectivity index (χ2n) is 4.83. The van der Waals surface area contributed by atoms with Gasteiger partial charge in [0.1, 0.15) is 5.82 Å². The summed E-state index contributed by atoms with van der Waals surface area (Å²) in [6.45, 7) is 1.68. The summed E-state index contributed by atoms with van der Waals surface area (Å²) in [6, 6.07) is 12.4. The Morgan fingerprint density at radius 3 is 2.41 bits per heavy atom. The predicted molar refractivity (Wildman–Crippen MR) is 86.9 cm³/mol. The maximum absolute atomic E-state index is 13.3. The summed E-state index contributed by atoms with van der Waals surface area (Å²) in [5.41, 5.74) is 7.31. The fourth-order valence-corrected chi connectivity index (χ4v) is 3.13. The summed E-state index contributed by atoms with van der Waals surface area (Å²) in [4.78, 5) is -0.0970. The van der Waals surface area contributed by atoms with E-state index < -0.39 is 21.9 Å². The smallest absolute Gasteiger partial charge is 0.240 e. The molecule has 0 aliphatic heterocycles. The third kappa shape index (κ3) is 4.78. The Morgan fingerprint density at radius 2 is 1.82 bits per heavy atom. The van der Waals surface area contributed by atoms with E-state index in [0.29, 0.717) is 5.56 Å². The number of aryl methyl sites for hydroxylation is 1. The van der Waals surface area contributed by atoms with Crippen molar-refractivity contribution in [3.8, 4) is 0 Å². The van der Waals surface area contributed by atoms with Crippen LogP contribution in [0.4, 0.5) is 4.39 Å². The first-order valence-electron chi connectivity index (χ1n) is 6.46. The van der Waals surface area contributed by atoms with E-state index >= 15 is 0 Å². The topological polar surface area (TPSA) is 72.2 Å². The van der Waals surface area contributed by atoms with Crippen molar-refractivity contribution in [2.24, 2.45) is 5.73 Å². The number of sulfonamides is 1. The number of halogens is 2. The van der Waals surface area contributed by atoms with Gasteiger partial charge in [-0.05, 0) is 36.2 Å². The molecule has 0 radical (unpaired) electrons. The molecule has 2 aromatic rings. The number of rotatable bonds is 5. The van der Waals surface area contributed by atoms with Gasteiger partial charge in [0.05, 0.1) is 4.90 Å². The number of benzene rings is 2. The van der Waals surface area contributed by atoms with Gasteiger partial charge >= 0.3 is 0 Å². The minimum absolute atomic E-state index is 0. The molecule has 0 spiro atoms. The van der Waals surface area contributed by atoms with E-state index in [9.17, 15) is 12.8 Å². The lowest BCUT2D eigenvalue weighted by molar-refractivity contribution is 0.569. The second-order valence-corrected chi connectivity index (χ2v) is 6.60. The molecule has 0 fully saturated rings. The highest BCUT2D eigenvalue weighted by atomic mass is 35.5. The summed E-state index contributed by atoms with van der Waals surface area (Å²) in [7, 11) is -3.78. The fourth-order valence-electron chi connectivity index (χ4n) is 1.96. The molecule has 0 heterocycles. The molecule has 0 aliphatic rings. The van der Waals surface area contributed by atoms with Crippen molar-refractivity contribution in [1.29, 1.82) is 0 Å². The molecular formula is C15H18ClFN2O2S. The van der Waals surface area contributed by atoms with Crippen LogP contribution in [0.5, 0.6) is 0 Å². The highest BCUT2D eigenvalue weighted by Crippen LogP contribution is 2.15. The molecule has 1 atom stereocenters. The van der Waals surface area contributed by atoms with Gasteiger partial charge in [-0.25, -0.2) is 17.5 Å². The molecule has 7 heteroatoms. The maximum Gasteiger partial charge on any atom is 0.240 e. The quantitative estimate of drug-likeness (QED) is 0.875. The molecule has 3 N–H and O–H groups in total. The van der Waals surface area contributed by atoms with Crippen molar-refractivity contribution < 1.29 is 12.8 Å². The standard InChI is InChI=1S/C15H17FN2O2S.ClH/c1-11-7-13(16)9-14(8-11)21(19,20)18-10-15(17)12-5-3-2-4-6-12;/h2-9,15,18H,10,17H2,1H3;1H. The molecule has 2 rings (SSSR count). The molecule has 0 saturated carbocycles. The first kappa shape index (κ1) is 18.6. The van der Waals surface area contributed by atoms with Crippen molar-refractivity contribution in [2.45, 2.75) is 17.9 Å². The van der Waals surface area contributed by atoms with Crippen LogP contribution in [-0.4, -0.2) is 15.0 Å². The summed E-state index contributed by atoms with van der Waals surface area (Å²) in [5, 5.41) is 0. The van der Waals surface area contributed by atoms with E-state index in [4.69, 9.17) is 5.73 Å². The zero-order chi connectivity index (χ0) is 15.5. The van der Waals surface area contributed by atoms with Gasteiger partial charge in [0.15, 0.2) is 0 Å². The third-order valence-electron chi connectivity index (χ3n) is 3.05. The van der Waals surface area contributed by atoms with Gasteiger partial charge in [-0.2, -0.15) is 0 Å². The molecule has 22 heavy (non-hydrogen) atoms. The van der Waals surface area contributed by atoms with Crippen LogP contribution in [0.25, 0.3) is 0 Å². The Labute approximate surface area is 136 Å². The van der Waals surface area contributed by atoms with Crippen LogP contribution in [0.2, 0.25) is 0 Å². The monoisotopic (exact) mass is 344 g/mol. The minimum atomic E-state index is -3.78. The number of hydrogen-bond acceptors (Lipinski definition) is 3. The van der Waals surface area contributed by atoms with Crippen LogP contribution >= 0.6 is 12.4 Å². The van der Waals surface area contributed by atoms with Crippen LogP contribution in [-0.2, 0) is 10.0 Å². The molecule has 4 nitrogen and oxygen atoms in total. The van der Waals surface area contributed by atoms with Crippen molar-refractivity contribution in [2.75, 3.05) is 6.54 Å². The first-order chi connectivity index (χ1) is 9.88. The molecule has 2 aromatic carbocycles. The minimum Gasteiger partial charge on any atom is -0.323 e. The van der Waals surface area contributed by atoms with Gasteiger partial charge in [0, 0.05) is 12.6 Å². The largest absolute Gasteiger partial charge is 0.323 e. The van der Waals surface area contributed by atoms with Crippen LogP contribution in [0.15, 0.2) is 53.4 Å². The summed E-state index contributed by atoms with van der Waals surface area (Å²) < 4.78 is 40.0.